The number of nitrogens with one attached hydrogen (secondary N) is 1. The maximum Gasteiger partial charge on any atom is 0.293 e. The van der Waals surface area contributed by atoms with E-state index in [4.69, 9.17) is 4.42 Å². The number of rotatable bonds is 2. The summed E-state index contributed by atoms with van der Waals surface area (Å²) in [7, 11) is 0. The van der Waals surface area contributed by atoms with Crippen LogP contribution in [-0.4, -0.2) is 10.9 Å². The van der Waals surface area contributed by atoms with Crippen molar-refractivity contribution in [2.24, 2.45) is 0 Å². The number of aromatic nitrogens is 1. The summed E-state index contributed by atoms with van der Waals surface area (Å²) in [6.45, 7) is 0. The van der Waals surface area contributed by atoms with Gasteiger partial charge in [-0.25, -0.2) is 4.98 Å². The van der Waals surface area contributed by atoms with Crippen LogP contribution in [0.2, 0.25) is 0 Å². The molecule has 4 nitrogen and oxygen atoms in total. The van der Waals surface area contributed by atoms with Crippen molar-refractivity contribution in [1.29, 1.82) is 0 Å². The summed E-state index contributed by atoms with van der Waals surface area (Å²) in [6.07, 6.45) is 1.62. The van der Waals surface area contributed by atoms with Crippen molar-refractivity contribution < 1.29 is 9.21 Å². The van der Waals surface area contributed by atoms with Gasteiger partial charge in [-0.1, -0.05) is 11.3 Å². The van der Waals surface area contributed by atoms with Gasteiger partial charge in [0.1, 0.15) is 0 Å². The number of amides is 1. The average Bonchev–Trinajstić information content (AvgIpc) is 2.75. The van der Waals surface area contributed by atoms with Gasteiger partial charge >= 0.3 is 0 Å². The van der Waals surface area contributed by atoms with E-state index in [1.165, 1.54) is 11.3 Å². The summed E-state index contributed by atoms with van der Waals surface area (Å²) in [5.41, 5.74) is 0. The summed E-state index contributed by atoms with van der Waals surface area (Å²) in [5, 5.41) is 3.14. The van der Waals surface area contributed by atoms with Gasteiger partial charge in [-0.15, -0.1) is 0 Å². The van der Waals surface area contributed by atoms with E-state index >= 15 is 0 Å². The number of carbonyl (C=O) groups is 1. The Balaban J connectivity index is 2.10. The molecule has 0 radical (unpaired) electrons. The molecule has 78 valence electrons. The zero-order chi connectivity index (χ0) is 10.8. The SMILES string of the molecule is O=C(Nc1ncc(Br)s1)c1ccc(Br)o1. The van der Waals surface area contributed by atoms with Crippen LogP contribution in [-0.2, 0) is 0 Å². The molecule has 2 aromatic heterocycles. The molecule has 0 unspecified atom stereocenters. The summed E-state index contributed by atoms with van der Waals surface area (Å²) in [4.78, 5) is 15.5. The van der Waals surface area contributed by atoms with Crippen molar-refractivity contribution in [3.63, 3.8) is 0 Å². The standard InChI is InChI=1S/C8H4Br2N2O2S/c9-5-2-1-4(14-5)7(13)12-8-11-3-6(10)15-8/h1-3H,(H,11,12,13). The van der Waals surface area contributed by atoms with Crippen molar-refractivity contribution in [2.45, 2.75) is 0 Å². The average molecular weight is 352 g/mol. The Hall–Kier alpha value is -0.660. The molecule has 7 heteroatoms. The lowest BCUT2D eigenvalue weighted by atomic mass is 10.4. The molecule has 0 atom stereocenters. The summed E-state index contributed by atoms with van der Waals surface area (Å²) < 4.78 is 6.47. The molecule has 0 aliphatic rings. The predicted octanol–water partition coefficient (Wildman–Crippen LogP) is 3.51. The lowest BCUT2D eigenvalue weighted by Crippen LogP contribution is -2.10. The second kappa shape index (κ2) is 4.46. The molecular weight excluding hydrogens is 348 g/mol. The Morgan fingerprint density at radius 1 is 1.47 bits per heavy atom. The first-order valence-corrected chi connectivity index (χ1v) is 6.23. The van der Waals surface area contributed by atoms with E-state index in [0.29, 0.717) is 9.80 Å². The van der Waals surface area contributed by atoms with Crippen LogP contribution in [0, 0.1) is 0 Å². The van der Waals surface area contributed by atoms with Crippen molar-refractivity contribution in [3.8, 4) is 0 Å². The molecule has 0 spiro atoms. The maximum atomic E-state index is 11.6. The number of anilines is 1. The molecule has 0 saturated carbocycles. The van der Waals surface area contributed by atoms with E-state index in [2.05, 4.69) is 42.2 Å². The normalized spacial score (nSPS) is 10.3. The smallest absolute Gasteiger partial charge is 0.293 e. The maximum absolute atomic E-state index is 11.6. The minimum atomic E-state index is -0.317. The number of thiazole rings is 1. The largest absolute Gasteiger partial charge is 0.444 e. The number of carbonyl (C=O) groups excluding carboxylic acids is 1. The minimum Gasteiger partial charge on any atom is -0.444 e. The zero-order valence-electron chi connectivity index (χ0n) is 7.16. The molecule has 0 saturated heterocycles. The quantitative estimate of drug-likeness (QED) is 0.900. The molecule has 0 aromatic carbocycles. The molecule has 1 amide bonds. The first-order valence-electron chi connectivity index (χ1n) is 3.83. The number of hydrogen-bond donors (Lipinski definition) is 1. The fraction of sp³-hybridized carbons (Fsp3) is 0. The highest BCUT2D eigenvalue weighted by atomic mass is 79.9. The van der Waals surface area contributed by atoms with Crippen LogP contribution >= 0.6 is 43.2 Å². The van der Waals surface area contributed by atoms with Crippen LogP contribution in [0.4, 0.5) is 5.13 Å². The van der Waals surface area contributed by atoms with Crippen LogP contribution in [0.5, 0.6) is 0 Å². The molecule has 15 heavy (non-hydrogen) atoms. The Bertz CT molecular complexity index is 494. The van der Waals surface area contributed by atoms with E-state index in [1.807, 2.05) is 0 Å². The first kappa shape index (κ1) is 10.8. The van der Waals surface area contributed by atoms with Gasteiger partial charge in [0.05, 0.1) is 9.98 Å². The van der Waals surface area contributed by atoms with Crippen LogP contribution < -0.4 is 5.32 Å². The van der Waals surface area contributed by atoms with Crippen LogP contribution in [0.15, 0.2) is 31.2 Å². The summed E-state index contributed by atoms with van der Waals surface area (Å²) in [6, 6.07) is 3.24. The third-order valence-corrected chi connectivity index (χ3v) is 3.31. The highest BCUT2D eigenvalue weighted by molar-refractivity contribution is 9.11. The van der Waals surface area contributed by atoms with E-state index in [0.717, 1.165) is 3.79 Å². The fourth-order valence-electron chi connectivity index (χ4n) is 0.907. The first-order chi connectivity index (χ1) is 7.15. The molecule has 2 heterocycles. The second-order valence-electron chi connectivity index (χ2n) is 2.53. The third kappa shape index (κ3) is 2.67. The van der Waals surface area contributed by atoms with E-state index in [9.17, 15) is 4.79 Å². The van der Waals surface area contributed by atoms with Crippen molar-refractivity contribution in [2.75, 3.05) is 5.32 Å². The van der Waals surface area contributed by atoms with Gasteiger partial charge in [-0.2, -0.15) is 0 Å². The lowest BCUT2D eigenvalue weighted by molar-refractivity contribution is 0.0995. The fourth-order valence-corrected chi connectivity index (χ4v) is 2.32. The molecule has 1 N–H and O–H groups in total. The molecule has 2 aromatic rings. The number of furan rings is 1. The predicted molar refractivity (Wildman–Crippen MR) is 64.2 cm³/mol. The highest BCUT2D eigenvalue weighted by Gasteiger charge is 2.12. The number of halogens is 2. The topological polar surface area (TPSA) is 55.1 Å². The van der Waals surface area contributed by atoms with Crippen molar-refractivity contribution in [3.05, 3.63) is 32.5 Å². The minimum absolute atomic E-state index is 0.244. The number of hydrogen-bond acceptors (Lipinski definition) is 4. The van der Waals surface area contributed by atoms with Crippen molar-refractivity contribution in [1.82, 2.24) is 4.98 Å². The highest BCUT2D eigenvalue weighted by Crippen LogP contribution is 2.24. The van der Waals surface area contributed by atoms with Crippen molar-refractivity contribution >= 4 is 54.2 Å². The van der Waals surface area contributed by atoms with Gasteiger partial charge in [0.25, 0.3) is 5.91 Å². The zero-order valence-corrected chi connectivity index (χ0v) is 11.1. The summed E-state index contributed by atoms with van der Waals surface area (Å²) in [5.74, 6) is -0.0734. The van der Waals surface area contributed by atoms with Crippen LogP contribution in [0.25, 0.3) is 0 Å². The summed E-state index contributed by atoms with van der Waals surface area (Å²) >= 11 is 7.72. The van der Waals surface area contributed by atoms with Gasteiger partial charge < -0.3 is 4.42 Å². The Morgan fingerprint density at radius 3 is 2.80 bits per heavy atom. The van der Waals surface area contributed by atoms with Gasteiger partial charge in [-0.3, -0.25) is 10.1 Å². The third-order valence-electron chi connectivity index (χ3n) is 1.49. The van der Waals surface area contributed by atoms with Gasteiger partial charge in [0.2, 0.25) is 0 Å². The van der Waals surface area contributed by atoms with E-state index < -0.39 is 0 Å². The van der Waals surface area contributed by atoms with Gasteiger partial charge in [0, 0.05) is 0 Å². The number of nitrogens with zero attached hydrogens (tertiary/aromatic N) is 1. The second-order valence-corrected chi connectivity index (χ2v) is 5.72. The lowest BCUT2D eigenvalue weighted by Gasteiger charge is -1.96. The van der Waals surface area contributed by atoms with E-state index in [-0.39, 0.29) is 11.7 Å². The molecule has 0 bridgehead atoms. The van der Waals surface area contributed by atoms with Crippen LogP contribution in [0.1, 0.15) is 10.6 Å². The molecule has 2 rings (SSSR count). The monoisotopic (exact) mass is 350 g/mol. The molecular formula is C8H4Br2N2O2S. The Labute approximate surface area is 106 Å². The Morgan fingerprint density at radius 2 is 2.27 bits per heavy atom. The van der Waals surface area contributed by atoms with Gasteiger partial charge in [-0.05, 0) is 44.0 Å². The molecule has 0 aliphatic carbocycles. The Kier molecular flexibility index (Phi) is 3.22. The molecule has 0 aliphatic heterocycles. The van der Waals surface area contributed by atoms with Gasteiger partial charge in [0.15, 0.2) is 15.6 Å². The van der Waals surface area contributed by atoms with Crippen LogP contribution in [0.3, 0.4) is 0 Å². The molecule has 0 fully saturated rings. The van der Waals surface area contributed by atoms with E-state index in [1.54, 1.807) is 18.3 Å².